The zero-order chi connectivity index (χ0) is 8.72. The molecule has 0 heterocycles. The van der Waals surface area contributed by atoms with Crippen LogP contribution in [0.3, 0.4) is 0 Å². The lowest BCUT2D eigenvalue weighted by Crippen LogP contribution is -2.58. The second-order valence-electron chi connectivity index (χ2n) is 3.85. The third-order valence-electron chi connectivity index (χ3n) is 3.60. The average Bonchev–Trinajstić information content (AvgIpc) is 2.06. The highest BCUT2D eigenvalue weighted by Crippen LogP contribution is 2.58. The lowest BCUT2D eigenvalue weighted by molar-refractivity contribution is -0.174. The molecule has 0 aromatic rings. The van der Waals surface area contributed by atoms with Crippen LogP contribution in [0.15, 0.2) is 0 Å². The molecule has 0 spiro atoms. The van der Waals surface area contributed by atoms with Gasteiger partial charge < -0.3 is 10.5 Å². The first-order valence-electron chi connectivity index (χ1n) is 4.57. The third kappa shape index (κ3) is 1.34. The van der Waals surface area contributed by atoms with Gasteiger partial charge in [-0.2, -0.15) is 0 Å². The summed E-state index contributed by atoms with van der Waals surface area (Å²) in [7, 11) is 1.46. The van der Waals surface area contributed by atoms with Crippen molar-refractivity contribution in [3.63, 3.8) is 0 Å². The summed E-state index contributed by atoms with van der Waals surface area (Å²) in [6.45, 7) is 0.640. The second kappa shape index (κ2) is 3.84. The quantitative estimate of drug-likeness (QED) is 0.679. The Bertz CT molecular complexity index is 210. The topological polar surface area (TPSA) is 52.3 Å². The van der Waals surface area contributed by atoms with Gasteiger partial charge in [0.1, 0.15) is 0 Å². The predicted octanol–water partition coefficient (Wildman–Crippen LogP) is 0.812. The van der Waals surface area contributed by atoms with Gasteiger partial charge in [-0.25, -0.2) is 0 Å². The minimum atomic E-state index is -0.0496. The van der Waals surface area contributed by atoms with E-state index in [9.17, 15) is 4.79 Å². The van der Waals surface area contributed by atoms with Gasteiger partial charge in [-0.1, -0.05) is 0 Å². The van der Waals surface area contributed by atoms with E-state index in [-0.39, 0.29) is 24.3 Å². The average molecular weight is 206 g/mol. The Morgan fingerprint density at radius 1 is 1.46 bits per heavy atom. The number of nitrogens with two attached hydrogens (primary N) is 1. The van der Waals surface area contributed by atoms with Crippen LogP contribution in [-0.4, -0.2) is 19.6 Å². The van der Waals surface area contributed by atoms with Crippen molar-refractivity contribution in [2.24, 2.45) is 29.4 Å². The van der Waals surface area contributed by atoms with E-state index in [2.05, 4.69) is 0 Å². The van der Waals surface area contributed by atoms with Crippen LogP contribution < -0.4 is 5.73 Å². The fourth-order valence-electron chi connectivity index (χ4n) is 2.77. The van der Waals surface area contributed by atoms with E-state index in [0.717, 1.165) is 5.92 Å². The molecule has 2 fully saturated rings. The molecular weight excluding hydrogens is 190 g/mol. The van der Waals surface area contributed by atoms with Crippen molar-refractivity contribution in [2.45, 2.75) is 12.8 Å². The van der Waals surface area contributed by atoms with Crippen molar-refractivity contribution in [2.75, 3.05) is 13.7 Å². The second-order valence-corrected chi connectivity index (χ2v) is 3.85. The molecule has 2 rings (SSSR count). The van der Waals surface area contributed by atoms with Gasteiger partial charge in [-0.3, -0.25) is 4.79 Å². The Balaban J connectivity index is 0.000000845. The molecule has 0 aliphatic heterocycles. The van der Waals surface area contributed by atoms with Crippen LogP contribution in [0.5, 0.6) is 0 Å². The van der Waals surface area contributed by atoms with Crippen molar-refractivity contribution in [3.05, 3.63) is 0 Å². The van der Waals surface area contributed by atoms with Crippen LogP contribution in [-0.2, 0) is 9.53 Å². The predicted molar refractivity (Wildman–Crippen MR) is 51.5 cm³/mol. The van der Waals surface area contributed by atoms with E-state index in [0.29, 0.717) is 18.4 Å². The lowest BCUT2D eigenvalue weighted by Gasteiger charge is -2.57. The maximum atomic E-state index is 11.3. The van der Waals surface area contributed by atoms with Crippen LogP contribution in [0.2, 0.25) is 0 Å². The molecule has 4 heteroatoms. The van der Waals surface area contributed by atoms with Crippen molar-refractivity contribution in [1.29, 1.82) is 0 Å². The first-order chi connectivity index (χ1) is 5.79. The summed E-state index contributed by atoms with van der Waals surface area (Å²) < 4.78 is 4.74. The summed E-state index contributed by atoms with van der Waals surface area (Å²) in [5.41, 5.74) is 5.60. The Labute approximate surface area is 84.4 Å². The molecule has 0 amide bonds. The van der Waals surface area contributed by atoms with Gasteiger partial charge in [0, 0.05) is 0 Å². The monoisotopic (exact) mass is 205 g/mol. The molecule has 2 aliphatic rings. The molecular formula is C9H16ClNO2. The van der Waals surface area contributed by atoms with Crippen LogP contribution in [0.1, 0.15) is 12.8 Å². The van der Waals surface area contributed by atoms with E-state index in [1.165, 1.54) is 20.0 Å². The molecule has 0 aromatic carbocycles. The van der Waals surface area contributed by atoms with E-state index in [1.807, 2.05) is 0 Å². The van der Waals surface area contributed by atoms with Gasteiger partial charge in [0.05, 0.1) is 13.0 Å². The number of methoxy groups -OCH3 is 1. The van der Waals surface area contributed by atoms with Gasteiger partial charge in [-0.15, -0.1) is 12.4 Å². The fourth-order valence-corrected chi connectivity index (χ4v) is 2.77. The SMILES string of the molecule is COC(=O)C1C(CN)C2CCC21.Cl. The number of esters is 1. The summed E-state index contributed by atoms with van der Waals surface area (Å²) in [6, 6.07) is 0. The number of ether oxygens (including phenoxy) is 1. The normalized spacial score (nSPS) is 40.5. The molecule has 2 aliphatic carbocycles. The van der Waals surface area contributed by atoms with Crippen molar-refractivity contribution in [3.8, 4) is 0 Å². The van der Waals surface area contributed by atoms with Gasteiger partial charge in [0.2, 0.25) is 0 Å². The van der Waals surface area contributed by atoms with Crippen LogP contribution in [0.25, 0.3) is 0 Å². The van der Waals surface area contributed by atoms with E-state index < -0.39 is 0 Å². The standard InChI is InChI=1S/C9H15NO2.ClH/c1-12-9(11)8-6-3-2-5(6)7(8)4-10;/h5-8H,2-4,10H2,1H3;1H. The van der Waals surface area contributed by atoms with Crippen molar-refractivity contribution in [1.82, 2.24) is 0 Å². The zero-order valence-electron chi connectivity index (χ0n) is 7.73. The number of carbonyl (C=O) groups is 1. The number of hydrogen-bond acceptors (Lipinski definition) is 3. The van der Waals surface area contributed by atoms with Crippen LogP contribution in [0, 0.1) is 23.7 Å². The highest BCUT2D eigenvalue weighted by molar-refractivity contribution is 5.85. The van der Waals surface area contributed by atoms with E-state index in [4.69, 9.17) is 10.5 Å². The molecule has 2 saturated carbocycles. The van der Waals surface area contributed by atoms with Crippen molar-refractivity contribution < 1.29 is 9.53 Å². The summed E-state index contributed by atoms with van der Waals surface area (Å²) in [5, 5.41) is 0. The van der Waals surface area contributed by atoms with Gasteiger partial charge >= 0.3 is 5.97 Å². The van der Waals surface area contributed by atoms with Gasteiger partial charge in [0.15, 0.2) is 0 Å². The summed E-state index contributed by atoms with van der Waals surface area (Å²) in [6.07, 6.45) is 2.46. The Morgan fingerprint density at radius 2 is 2.08 bits per heavy atom. The molecule has 76 valence electrons. The number of hydrogen-bond donors (Lipinski definition) is 1. The van der Waals surface area contributed by atoms with Gasteiger partial charge in [0.25, 0.3) is 0 Å². The molecule has 0 saturated heterocycles. The summed E-state index contributed by atoms with van der Waals surface area (Å²) in [4.78, 5) is 11.3. The zero-order valence-corrected chi connectivity index (χ0v) is 8.55. The third-order valence-corrected chi connectivity index (χ3v) is 3.60. The molecule has 4 atom stereocenters. The van der Waals surface area contributed by atoms with Crippen molar-refractivity contribution >= 4 is 18.4 Å². The summed E-state index contributed by atoms with van der Waals surface area (Å²) >= 11 is 0. The number of rotatable bonds is 2. The van der Waals surface area contributed by atoms with E-state index in [1.54, 1.807) is 0 Å². The first-order valence-corrected chi connectivity index (χ1v) is 4.57. The molecule has 3 nitrogen and oxygen atoms in total. The van der Waals surface area contributed by atoms with Crippen LogP contribution in [0.4, 0.5) is 0 Å². The Morgan fingerprint density at radius 3 is 2.46 bits per heavy atom. The van der Waals surface area contributed by atoms with E-state index >= 15 is 0 Å². The minimum Gasteiger partial charge on any atom is -0.469 e. The maximum absolute atomic E-state index is 11.3. The number of halogens is 1. The molecule has 13 heavy (non-hydrogen) atoms. The Hall–Kier alpha value is -0.280. The Kier molecular flexibility index (Phi) is 3.19. The number of fused-ring (bicyclic) bond motifs is 1. The van der Waals surface area contributed by atoms with Crippen LogP contribution >= 0.6 is 12.4 Å². The molecule has 0 radical (unpaired) electrons. The molecule has 0 aromatic heterocycles. The maximum Gasteiger partial charge on any atom is 0.309 e. The van der Waals surface area contributed by atoms with Gasteiger partial charge in [-0.05, 0) is 37.1 Å². The lowest BCUT2D eigenvalue weighted by atomic mass is 9.47. The fraction of sp³-hybridized carbons (Fsp3) is 0.889. The molecule has 0 bridgehead atoms. The molecule has 4 unspecified atom stereocenters. The minimum absolute atomic E-state index is 0. The first kappa shape index (κ1) is 10.8. The highest BCUT2D eigenvalue weighted by atomic mass is 35.5. The smallest absolute Gasteiger partial charge is 0.309 e. The highest BCUT2D eigenvalue weighted by Gasteiger charge is 2.57. The molecule has 2 N–H and O–H groups in total. The number of carbonyl (C=O) groups excluding carboxylic acids is 1. The summed E-state index contributed by atoms with van der Waals surface area (Å²) in [5.74, 6) is 1.83. The largest absolute Gasteiger partial charge is 0.469 e.